The maximum atomic E-state index is 13.7. The van der Waals surface area contributed by atoms with Crippen molar-refractivity contribution in [1.82, 2.24) is 9.97 Å². The molecule has 1 aromatic heterocycles. The van der Waals surface area contributed by atoms with Crippen molar-refractivity contribution < 1.29 is 8.78 Å². The minimum absolute atomic E-state index is 0.160. The molecular formula is C19H21BrF2N2. The van der Waals surface area contributed by atoms with Gasteiger partial charge in [-0.15, -0.1) is 0 Å². The van der Waals surface area contributed by atoms with Crippen molar-refractivity contribution in [3.05, 3.63) is 46.2 Å². The van der Waals surface area contributed by atoms with E-state index >= 15 is 0 Å². The molecule has 0 amide bonds. The Morgan fingerprint density at radius 2 is 1.62 bits per heavy atom. The molecule has 0 unspecified atom stereocenters. The second kappa shape index (κ2) is 7.68. The highest BCUT2D eigenvalue weighted by atomic mass is 79.9. The summed E-state index contributed by atoms with van der Waals surface area (Å²) in [7, 11) is 0. The van der Waals surface area contributed by atoms with Gasteiger partial charge in [-0.25, -0.2) is 18.7 Å². The summed E-state index contributed by atoms with van der Waals surface area (Å²) in [6, 6.07) is 2.50. The fourth-order valence-corrected chi connectivity index (χ4v) is 3.80. The highest BCUT2D eigenvalue weighted by molar-refractivity contribution is 9.10. The van der Waals surface area contributed by atoms with Crippen molar-refractivity contribution in [2.45, 2.75) is 51.4 Å². The van der Waals surface area contributed by atoms with E-state index in [9.17, 15) is 8.78 Å². The van der Waals surface area contributed by atoms with Crippen LogP contribution in [0.5, 0.6) is 0 Å². The van der Waals surface area contributed by atoms with Crippen LogP contribution in [0.3, 0.4) is 0 Å². The third-order valence-electron chi connectivity index (χ3n) is 4.93. The molecule has 5 heteroatoms. The molecule has 2 nitrogen and oxygen atoms in total. The predicted octanol–water partition coefficient (Wildman–Crippen LogP) is 6.26. The predicted molar refractivity (Wildman–Crippen MR) is 94.7 cm³/mol. The molecular weight excluding hydrogens is 374 g/mol. The van der Waals surface area contributed by atoms with Crippen LogP contribution in [0, 0.1) is 17.6 Å². The molecule has 1 fully saturated rings. The van der Waals surface area contributed by atoms with E-state index in [0.717, 1.165) is 11.5 Å². The van der Waals surface area contributed by atoms with Crippen molar-refractivity contribution in [3.63, 3.8) is 0 Å². The van der Waals surface area contributed by atoms with Gasteiger partial charge in [-0.1, -0.05) is 19.8 Å². The van der Waals surface area contributed by atoms with Gasteiger partial charge in [0, 0.05) is 18.0 Å². The molecule has 1 aliphatic carbocycles. The molecule has 0 radical (unpaired) electrons. The third-order valence-corrected chi connectivity index (χ3v) is 5.69. The molecule has 0 N–H and O–H groups in total. The van der Waals surface area contributed by atoms with E-state index in [4.69, 9.17) is 0 Å². The number of aromatic nitrogens is 2. The molecule has 0 spiro atoms. The number of hydrogen-bond donors (Lipinski definition) is 0. The summed E-state index contributed by atoms with van der Waals surface area (Å²) in [5, 5.41) is 0. The highest BCUT2D eigenvalue weighted by Crippen LogP contribution is 2.37. The largest absolute Gasteiger partial charge is 0.236 e. The van der Waals surface area contributed by atoms with Gasteiger partial charge in [0.25, 0.3) is 0 Å². The Morgan fingerprint density at radius 3 is 2.17 bits per heavy atom. The lowest BCUT2D eigenvalue weighted by atomic mass is 9.78. The fourth-order valence-electron chi connectivity index (χ4n) is 3.58. The van der Waals surface area contributed by atoms with E-state index < -0.39 is 11.6 Å². The van der Waals surface area contributed by atoms with Crippen LogP contribution in [0.15, 0.2) is 29.0 Å². The lowest BCUT2D eigenvalue weighted by Gasteiger charge is -2.28. The first-order valence-electron chi connectivity index (χ1n) is 8.55. The van der Waals surface area contributed by atoms with Gasteiger partial charge in [-0.3, -0.25) is 0 Å². The normalized spacial score (nSPS) is 21.0. The third kappa shape index (κ3) is 3.82. The zero-order valence-corrected chi connectivity index (χ0v) is 15.3. The second-order valence-electron chi connectivity index (χ2n) is 6.60. The number of rotatable bonds is 4. The highest BCUT2D eigenvalue weighted by Gasteiger charge is 2.22. The summed E-state index contributed by atoms with van der Waals surface area (Å²) in [6.07, 6.45) is 11.1. The maximum absolute atomic E-state index is 13.7. The van der Waals surface area contributed by atoms with Crippen LogP contribution in [0.25, 0.3) is 11.4 Å². The molecule has 1 saturated carbocycles. The molecule has 3 rings (SSSR count). The molecule has 2 aromatic rings. The molecule has 24 heavy (non-hydrogen) atoms. The Labute approximate surface area is 149 Å². The Morgan fingerprint density at radius 1 is 1.04 bits per heavy atom. The Kier molecular flexibility index (Phi) is 5.59. The number of hydrogen-bond acceptors (Lipinski definition) is 2. The summed E-state index contributed by atoms with van der Waals surface area (Å²) < 4.78 is 27.1. The van der Waals surface area contributed by atoms with Gasteiger partial charge in [-0.05, 0) is 71.1 Å². The first-order chi connectivity index (χ1) is 11.6. The van der Waals surface area contributed by atoms with Gasteiger partial charge in [0.15, 0.2) is 5.82 Å². The summed E-state index contributed by atoms with van der Waals surface area (Å²) in [5.74, 6) is 0.424. The Balaban J connectivity index is 1.72. The van der Waals surface area contributed by atoms with Crippen LogP contribution in [-0.2, 0) is 0 Å². The average Bonchev–Trinajstić information content (AvgIpc) is 2.60. The van der Waals surface area contributed by atoms with Gasteiger partial charge in [0.2, 0.25) is 0 Å². The van der Waals surface area contributed by atoms with Crippen LogP contribution < -0.4 is 0 Å². The molecule has 1 aromatic carbocycles. The average molecular weight is 395 g/mol. The quantitative estimate of drug-likeness (QED) is 0.571. The van der Waals surface area contributed by atoms with E-state index in [-0.39, 0.29) is 4.47 Å². The second-order valence-corrected chi connectivity index (χ2v) is 7.39. The maximum Gasteiger partial charge on any atom is 0.159 e. The lowest BCUT2D eigenvalue weighted by molar-refractivity contribution is 0.308. The molecule has 128 valence electrons. The van der Waals surface area contributed by atoms with Gasteiger partial charge in [0.1, 0.15) is 11.6 Å². The van der Waals surface area contributed by atoms with Gasteiger partial charge in [0.05, 0.1) is 4.47 Å². The summed E-state index contributed by atoms with van der Waals surface area (Å²) in [6.45, 7) is 2.24. The zero-order chi connectivity index (χ0) is 17.1. The summed E-state index contributed by atoms with van der Waals surface area (Å²) in [5.41, 5.74) is 1.48. The monoisotopic (exact) mass is 394 g/mol. The smallest absolute Gasteiger partial charge is 0.159 e. The molecule has 0 bridgehead atoms. The van der Waals surface area contributed by atoms with Crippen LogP contribution in [0.2, 0.25) is 0 Å². The summed E-state index contributed by atoms with van der Waals surface area (Å²) >= 11 is 2.87. The minimum Gasteiger partial charge on any atom is -0.236 e. The first kappa shape index (κ1) is 17.5. The van der Waals surface area contributed by atoms with Crippen molar-refractivity contribution in [3.8, 4) is 11.4 Å². The SMILES string of the molecule is CCC[C@H]1CC[C@H](c2cnc(-c3cc(F)c(Br)c(F)c3)nc2)CC1. The molecule has 0 aliphatic heterocycles. The molecule has 1 aliphatic rings. The van der Waals surface area contributed by atoms with E-state index in [1.165, 1.54) is 50.7 Å². The minimum atomic E-state index is -0.646. The van der Waals surface area contributed by atoms with E-state index in [2.05, 4.69) is 32.8 Å². The van der Waals surface area contributed by atoms with Gasteiger partial charge in [-0.2, -0.15) is 0 Å². The van der Waals surface area contributed by atoms with E-state index in [0.29, 0.717) is 17.3 Å². The topological polar surface area (TPSA) is 25.8 Å². The number of benzene rings is 1. The number of halogens is 3. The van der Waals surface area contributed by atoms with Crippen molar-refractivity contribution >= 4 is 15.9 Å². The van der Waals surface area contributed by atoms with Gasteiger partial charge >= 0.3 is 0 Å². The van der Waals surface area contributed by atoms with E-state index in [1.54, 1.807) is 0 Å². The van der Waals surface area contributed by atoms with Crippen LogP contribution in [-0.4, -0.2) is 9.97 Å². The molecule has 0 saturated heterocycles. The van der Waals surface area contributed by atoms with Crippen molar-refractivity contribution in [2.24, 2.45) is 5.92 Å². The zero-order valence-electron chi connectivity index (χ0n) is 13.7. The first-order valence-corrected chi connectivity index (χ1v) is 9.34. The fraction of sp³-hybridized carbons (Fsp3) is 0.474. The van der Waals surface area contributed by atoms with Crippen LogP contribution >= 0.6 is 15.9 Å². The van der Waals surface area contributed by atoms with Crippen LogP contribution in [0.1, 0.15) is 56.9 Å². The van der Waals surface area contributed by atoms with Crippen molar-refractivity contribution in [1.29, 1.82) is 0 Å². The molecule has 1 heterocycles. The number of nitrogens with zero attached hydrogens (tertiary/aromatic N) is 2. The van der Waals surface area contributed by atoms with E-state index in [1.807, 2.05) is 12.4 Å². The standard InChI is InChI=1S/C19H21BrF2N2/c1-2-3-12-4-6-13(7-5-12)15-10-23-19(24-11-15)14-8-16(21)18(20)17(22)9-14/h8-13H,2-7H2,1H3/t12-,13-. The van der Waals surface area contributed by atoms with Crippen molar-refractivity contribution in [2.75, 3.05) is 0 Å². The van der Waals surface area contributed by atoms with Crippen LogP contribution in [0.4, 0.5) is 8.78 Å². The Bertz CT molecular complexity index is 672. The summed E-state index contributed by atoms with van der Waals surface area (Å²) in [4.78, 5) is 8.66. The molecule has 0 atom stereocenters. The van der Waals surface area contributed by atoms with Gasteiger partial charge < -0.3 is 0 Å². The Hall–Kier alpha value is -1.36. The lowest BCUT2D eigenvalue weighted by Crippen LogP contribution is -2.13.